The Balaban J connectivity index is 1.94. The maximum atomic E-state index is 12.6. The second-order valence-corrected chi connectivity index (χ2v) is 9.21. The normalized spacial score (nSPS) is 22.1. The van der Waals surface area contributed by atoms with Gasteiger partial charge in [0.1, 0.15) is 4.90 Å². The van der Waals surface area contributed by atoms with E-state index in [-0.39, 0.29) is 22.9 Å². The van der Waals surface area contributed by atoms with Gasteiger partial charge < -0.3 is 9.47 Å². The molecular formula is C16H24BrClN2O4S. The third-order valence-corrected chi connectivity index (χ3v) is 6.18. The lowest BCUT2D eigenvalue weighted by Crippen LogP contribution is -2.46. The Morgan fingerprint density at radius 2 is 2.00 bits per heavy atom. The molecule has 1 heterocycles. The van der Waals surface area contributed by atoms with Crippen LogP contribution in [0.15, 0.2) is 21.5 Å². The summed E-state index contributed by atoms with van der Waals surface area (Å²) in [6.07, 6.45) is 1.12. The molecule has 0 saturated carbocycles. The molecule has 142 valence electrons. The SMILES string of the molecule is COc1c(Br)cc(Cl)cc1S(=O)(=O)NCCCN1CC(C)OC(C)C1. The maximum absolute atomic E-state index is 12.6. The van der Waals surface area contributed by atoms with Crippen LogP contribution in [0.5, 0.6) is 5.75 Å². The first-order valence-electron chi connectivity index (χ1n) is 8.13. The molecule has 2 unspecified atom stereocenters. The Hall–Kier alpha value is -0.380. The van der Waals surface area contributed by atoms with Crippen molar-refractivity contribution in [2.45, 2.75) is 37.4 Å². The average Bonchev–Trinajstić information content (AvgIpc) is 2.50. The van der Waals surface area contributed by atoms with Crippen LogP contribution < -0.4 is 9.46 Å². The number of ether oxygens (including phenoxy) is 2. The van der Waals surface area contributed by atoms with Gasteiger partial charge in [-0.05, 0) is 54.9 Å². The highest BCUT2D eigenvalue weighted by Gasteiger charge is 2.24. The summed E-state index contributed by atoms with van der Waals surface area (Å²) in [6, 6.07) is 2.99. The lowest BCUT2D eigenvalue weighted by atomic mass is 10.2. The molecule has 1 aliphatic heterocycles. The summed E-state index contributed by atoms with van der Waals surface area (Å²) in [5, 5.41) is 0.323. The minimum atomic E-state index is -3.71. The van der Waals surface area contributed by atoms with Gasteiger partial charge in [-0.2, -0.15) is 0 Å². The fraction of sp³-hybridized carbons (Fsp3) is 0.625. The number of nitrogens with one attached hydrogen (secondary N) is 1. The van der Waals surface area contributed by atoms with E-state index in [4.69, 9.17) is 21.1 Å². The number of sulfonamides is 1. The van der Waals surface area contributed by atoms with Crippen molar-refractivity contribution < 1.29 is 17.9 Å². The number of hydrogen-bond acceptors (Lipinski definition) is 5. The Bertz CT molecular complexity index is 692. The van der Waals surface area contributed by atoms with Crippen LogP contribution in [0.2, 0.25) is 5.02 Å². The largest absolute Gasteiger partial charge is 0.494 e. The number of nitrogens with zero attached hydrogens (tertiary/aromatic N) is 1. The second-order valence-electron chi connectivity index (χ2n) is 6.19. The molecule has 1 fully saturated rings. The minimum absolute atomic E-state index is 0.0305. The highest BCUT2D eigenvalue weighted by atomic mass is 79.9. The van der Waals surface area contributed by atoms with Crippen molar-refractivity contribution in [3.05, 3.63) is 21.6 Å². The van der Waals surface area contributed by atoms with E-state index in [1.807, 2.05) is 0 Å². The molecule has 25 heavy (non-hydrogen) atoms. The monoisotopic (exact) mass is 454 g/mol. The molecule has 1 aromatic rings. The van der Waals surface area contributed by atoms with Gasteiger partial charge in [-0.15, -0.1) is 0 Å². The van der Waals surface area contributed by atoms with Gasteiger partial charge in [-0.1, -0.05) is 11.6 Å². The molecule has 9 heteroatoms. The summed E-state index contributed by atoms with van der Waals surface area (Å²) in [5.41, 5.74) is 0. The first kappa shape index (κ1) is 20.9. The molecule has 0 aromatic heterocycles. The van der Waals surface area contributed by atoms with Gasteiger partial charge in [-0.25, -0.2) is 13.1 Å². The fourth-order valence-electron chi connectivity index (χ4n) is 2.99. The molecule has 0 bridgehead atoms. The van der Waals surface area contributed by atoms with Gasteiger partial charge in [0.2, 0.25) is 10.0 Å². The van der Waals surface area contributed by atoms with Crippen LogP contribution >= 0.6 is 27.5 Å². The molecule has 1 N–H and O–H groups in total. The van der Waals surface area contributed by atoms with Crippen LogP contribution in [0.3, 0.4) is 0 Å². The summed E-state index contributed by atoms with van der Waals surface area (Å²) in [6.45, 7) is 6.99. The molecule has 0 radical (unpaired) electrons. The van der Waals surface area contributed by atoms with E-state index in [0.717, 1.165) is 19.6 Å². The van der Waals surface area contributed by atoms with Gasteiger partial charge in [0.15, 0.2) is 5.75 Å². The molecule has 2 rings (SSSR count). The summed E-state index contributed by atoms with van der Waals surface area (Å²) in [7, 11) is -2.28. The summed E-state index contributed by atoms with van der Waals surface area (Å²) in [5.74, 6) is 0.243. The predicted octanol–water partition coefficient (Wildman–Crippen LogP) is 2.89. The van der Waals surface area contributed by atoms with Gasteiger partial charge in [0.05, 0.1) is 23.8 Å². The Labute approximate surface area is 163 Å². The van der Waals surface area contributed by atoms with E-state index in [2.05, 4.69) is 39.4 Å². The molecule has 2 atom stereocenters. The second kappa shape index (κ2) is 9.01. The molecule has 0 aliphatic carbocycles. The highest BCUT2D eigenvalue weighted by Crippen LogP contribution is 2.35. The lowest BCUT2D eigenvalue weighted by Gasteiger charge is -2.35. The quantitative estimate of drug-likeness (QED) is 0.640. The van der Waals surface area contributed by atoms with Crippen LogP contribution in [-0.2, 0) is 14.8 Å². The first-order chi connectivity index (χ1) is 11.7. The van der Waals surface area contributed by atoms with Crippen LogP contribution in [0.25, 0.3) is 0 Å². The predicted molar refractivity (Wildman–Crippen MR) is 102 cm³/mol. The summed E-state index contributed by atoms with van der Waals surface area (Å²) >= 11 is 9.25. The third-order valence-electron chi connectivity index (χ3n) is 3.91. The topological polar surface area (TPSA) is 67.9 Å². The maximum Gasteiger partial charge on any atom is 0.244 e. The van der Waals surface area contributed by atoms with Crippen LogP contribution in [-0.4, -0.2) is 58.8 Å². The summed E-state index contributed by atoms with van der Waals surface area (Å²) < 4.78 is 39.1. The van der Waals surface area contributed by atoms with Crippen molar-refractivity contribution in [3.8, 4) is 5.75 Å². The molecule has 6 nitrogen and oxygen atoms in total. The van der Waals surface area contributed by atoms with E-state index >= 15 is 0 Å². The van der Waals surface area contributed by atoms with Crippen molar-refractivity contribution in [3.63, 3.8) is 0 Å². The van der Waals surface area contributed by atoms with Crippen LogP contribution in [0, 0.1) is 0 Å². The van der Waals surface area contributed by atoms with Gasteiger partial charge in [0, 0.05) is 24.7 Å². The zero-order valence-electron chi connectivity index (χ0n) is 14.6. The molecular weight excluding hydrogens is 432 g/mol. The first-order valence-corrected chi connectivity index (χ1v) is 10.8. The molecule has 1 aliphatic rings. The minimum Gasteiger partial charge on any atom is -0.494 e. The third kappa shape index (κ3) is 5.80. The number of benzene rings is 1. The van der Waals surface area contributed by atoms with Gasteiger partial charge >= 0.3 is 0 Å². The smallest absolute Gasteiger partial charge is 0.244 e. The number of morpholine rings is 1. The molecule has 1 saturated heterocycles. The van der Waals surface area contributed by atoms with Crippen molar-refractivity contribution in [1.29, 1.82) is 0 Å². The Morgan fingerprint density at radius 3 is 2.60 bits per heavy atom. The molecule has 0 amide bonds. The standard InChI is InChI=1S/C16H24BrClN2O4S/c1-11-9-20(10-12(2)24-11)6-4-5-19-25(21,22)15-8-13(18)7-14(17)16(15)23-3/h7-8,11-12,19H,4-6,9-10H2,1-3H3. The van der Waals surface area contributed by atoms with Crippen LogP contribution in [0.4, 0.5) is 0 Å². The van der Waals surface area contributed by atoms with Gasteiger partial charge in [0.25, 0.3) is 0 Å². The van der Waals surface area contributed by atoms with E-state index in [9.17, 15) is 8.42 Å². The van der Waals surface area contributed by atoms with Crippen molar-refractivity contribution in [1.82, 2.24) is 9.62 Å². The zero-order valence-corrected chi connectivity index (χ0v) is 17.7. The zero-order chi connectivity index (χ0) is 18.6. The molecule has 1 aromatic carbocycles. The van der Waals surface area contributed by atoms with Crippen molar-refractivity contribution >= 4 is 37.6 Å². The van der Waals surface area contributed by atoms with Gasteiger partial charge in [-0.3, -0.25) is 4.90 Å². The number of rotatable bonds is 7. The van der Waals surface area contributed by atoms with Crippen molar-refractivity contribution in [2.24, 2.45) is 0 Å². The number of hydrogen-bond donors (Lipinski definition) is 1. The summed E-state index contributed by atoms with van der Waals surface area (Å²) in [4.78, 5) is 2.33. The van der Waals surface area contributed by atoms with Crippen molar-refractivity contribution in [2.75, 3.05) is 33.3 Å². The van der Waals surface area contributed by atoms with Crippen LogP contribution in [0.1, 0.15) is 20.3 Å². The van der Waals surface area contributed by atoms with E-state index < -0.39 is 10.0 Å². The Morgan fingerprint density at radius 1 is 1.36 bits per heavy atom. The van der Waals surface area contributed by atoms with E-state index in [0.29, 0.717) is 22.5 Å². The highest BCUT2D eigenvalue weighted by molar-refractivity contribution is 9.10. The number of methoxy groups -OCH3 is 1. The van der Waals surface area contributed by atoms with E-state index in [1.165, 1.54) is 13.2 Å². The Kier molecular flexibility index (Phi) is 7.54. The number of halogens is 2. The lowest BCUT2D eigenvalue weighted by molar-refractivity contribution is -0.0679. The van der Waals surface area contributed by atoms with E-state index in [1.54, 1.807) is 6.07 Å². The fourth-order valence-corrected chi connectivity index (χ4v) is 5.44. The average molecular weight is 456 g/mol. The molecule has 0 spiro atoms.